The second-order valence-corrected chi connectivity index (χ2v) is 7.79. The lowest BCUT2D eigenvalue weighted by atomic mass is 9.83. The standard InChI is InChI=1S/C21H18ClFN6O2/c1-21(10-30)9-27-17-12(6-24)3-11(4-14(17)21)18-15(23)8-26-20(29-18)28-16-5-13(22)7-25-19(16)31-2/h3-5,7-8,27,30H,9-10H2,1-2H3,(H,26,28,29). The van der Waals surface area contributed by atoms with E-state index in [4.69, 9.17) is 16.3 Å². The van der Waals surface area contributed by atoms with E-state index in [1.54, 1.807) is 18.2 Å². The molecule has 0 saturated carbocycles. The average Bonchev–Trinajstić information content (AvgIpc) is 3.12. The Morgan fingerprint density at radius 2 is 2.16 bits per heavy atom. The number of nitrogens with one attached hydrogen (secondary N) is 2. The quantitative estimate of drug-likeness (QED) is 0.550. The highest BCUT2D eigenvalue weighted by atomic mass is 35.5. The summed E-state index contributed by atoms with van der Waals surface area (Å²) < 4.78 is 19.9. The number of nitriles is 1. The lowest BCUT2D eigenvalue weighted by Crippen LogP contribution is -2.28. The van der Waals surface area contributed by atoms with Crippen LogP contribution in [0.2, 0.25) is 5.02 Å². The van der Waals surface area contributed by atoms with Crippen molar-refractivity contribution in [1.82, 2.24) is 15.0 Å². The van der Waals surface area contributed by atoms with E-state index < -0.39 is 11.2 Å². The third kappa shape index (κ3) is 3.71. The maximum Gasteiger partial charge on any atom is 0.237 e. The van der Waals surface area contributed by atoms with Gasteiger partial charge in [0.1, 0.15) is 17.5 Å². The fourth-order valence-electron chi connectivity index (χ4n) is 3.48. The molecule has 1 atom stereocenters. The van der Waals surface area contributed by atoms with Crippen LogP contribution in [0.25, 0.3) is 11.3 Å². The molecule has 0 amide bonds. The number of aliphatic hydroxyl groups excluding tert-OH is 1. The number of hydrogen-bond donors (Lipinski definition) is 3. The van der Waals surface area contributed by atoms with Gasteiger partial charge in [-0.1, -0.05) is 18.5 Å². The molecule has 0 fully saturated rings. The van der Waals surface area contributed by atoms with Gasteiger partial charge in [-0.3, -0.25) is 0 Å². The van der Waals surface area contributed by atoms with Crippen LogP contribution < -0.4 is 15.4 Å². The summed E-state index contributed by atoms with van der Waals surface area (Å²) in [5, 5.41) is 25.9. The van der Waals surface area contributed by atoms with E-state index in [1.807, 2.05) is 6.92 Å². The smallest absolute Gasteiger partial charge is 0.237 e. The van der Waals surface area contributed by atoms with E-state index >= 15 is 0 Å². The van der Waals surface area contributed by atoms with Gasteiger partial charge in [0.05, 0.1) is 36.2 Å². The Bertz CT molecular complexity index is 1220. The lowest BCUT2D eigenvalue weighted by molar-refractivity contribution is 0.219. The molecule has 4 rings (SSSR count). The molecule has 3 N–H and O–H groups in total. The van der Waals surface area contributed by atoms with Crippen LogP contribution in [-0.2, 0) is 5.41 Å². The van der Waals surface area contributed by atoms with Crippen molar-refractivity contribution in [3.63, 3.8) is 0 Å². The van der Waals surface area contributed by atoms with Crippen molar-refractivity contribution in [2.75, 3.05) is 30.9 Å². The monoisotopic (exact) mass is 440 g/mol. The zero-order chi connectivity index (χ0) is 22.2. The van der Waals surface area contributed by atoms with Gasteiger partial charge in [-0.25, -0.2) is 19.3 Å². The number of nitrogens with zero attached hydrogens (tertiary/aromatic N) is 4. The first-order valence-electron chi connectivity index (χ1n) is 9.31. The predicted octanol–water partition coefficient (Wildman–Crippen LogP) is 3.63. The summed E-state index contributed by atoms with van der Waals surface area (Å²) in [4.78, 5) is 12.4. The van der Waals surface area contributed by atoms with Crippen LogP contribution in [0.4, 0.5) is 21.7 Å². The van der Waals surface area contributed by atoms with Crippen LogP contribution >= 0.6 is 11.6 Å². The molecule has 8 nitrogen and oxygen atoms in total. The molecule has 1 aliphatic heterocycles. The van der Waals surface area contributed by atoms with E-state index in [0.29, 0.717) is 34.1 Å². The van der Waals surface area contributed by atoms with Gasteiger partial charge < -0.3 is 20.5 Å². The summed E-state index contributed by atoms with van der Waals surface area (Å²) in [6, 6.07) is 7.01. The maximum absolute atomic E-state index is 14.7. The second kappa shape index (κ2) is 7.98. The number of halogens is 2. The first-order chi connectivity index (χ1) is 14.9. The summed E-state index contributed by atoms with van der Waals surface area (Å²) in [7, 11) is 1.46. The van der Waals surface area contributed by atoms with Gasteiger partial charge in [-0.2, -0.15) is 5.26 Å². The highest BCUT2D eigenvalue weighted by Gasteiger charge is 2.36. The summed E-state index contributed by atoms with van der Waals surface area (Å²) in [6.45, 7) is 2.22. The number of methoxy groups -OCH3 is 1. The van der Waals surface area contributed by atoms with Crippen LogP contribution in [0.15, 0.2) is 30.6 Å². The Labute approximate surface area is 182 Å². The highest BCUT2D eigenvalue weighted by molar-refractivity contribution is 6.30. The summed E-state index contributed by atoms with van der Waals surface area (Å²) in [5.74, 6) is -0.281. The van der Waals surface area contributed by atoms with Crippen LogP contribution in [0.1, 0.15) is 18.1 Å². The number of hydrogen-bond acceptors (Lipinski definition) is 8. The fraction of sp³-hybridized carbons (Fsp3) is 0.238. The molecule has 0 spiro atoms. The molecular formula is C21H18ClFN6O2. The third-order valence-electron chi connectivity index (χ3n) is 5.19. The Morgan fingerprint density at radius 3 is 2.87 bits per heavy atom. The fourth-order valence-corrected chi connectivity index (χ4v) is 3.64. The number of ether oxygens (including phenoxy) is 1. The number of anilines is 3. The molecule has 3 aromatic rings. The van der Waals surface area contributed by atoms with Gasteiger partial charge in [-0.05, 0) is 23.8 Å². The Kier molecular flexibility index (Phi) is 5.35. The minimum absolute atomic E-state index is 0.0120. The second-order valence-electron chi connectivity index (χ2n) is 7.36. The predicted molar refractivity (Wildman–Crippen MR) is 114 cm³/mol. The van der Waals surface area contributed by atoms with Gasteiger partial charge in [0, 0.05) is 23.7 Å². The molecule has 158 valence electrons. The third-order valence-corrected chi connectivity index (χ3v) is 5.40. The van der Waals surface area contributed by atoms with Crippen molar-refractivity contribution in [2.45, 2.75) is 12.3 Å². The molecule has 3 heterocycles. The van der Waals surface area contributed by atoms with Crippen LogP contribution in [0.3, 0.4) is 0 Å². The summed E-state index contributed by atoms with van der Waals surface area (Å²) in [6.07, 6.45) is 2.47. The lowest BCUT2D eigenvalue weighted by Gasteiger charge is -2.21. The maximum atomic E-state index is 14.7. The van der Waals surface area contributed by atoms with E-state index in [-0.39, 0.29) is 24.1 Å². The van der Waals surface area contributed by atoms with Crippen molar-refractivity contribution in [3.8, 4) is 23.2 Å². The SMILES string of the molecule is COc1ncc(Cl)cc1Nc1ncc(F)c(-c2cc(C#N)c3c(c2)C(C)(CO)CN3)n1. The molecule has 0 aliphatic carbocycles. The van der Waals surface area contributed by atoms with Crippen LogP contribution in [0.5, 0.6) is 5.88 Å². The van der Waals surface area contributed by atoms with Crippen molar-refractivity contribution in [2.24, 2.45) is 0 Å². The molecule has 31 heavy (non-hydrogen) atoms. The van der Waals surface area contributed by atoms with Gasteiger partial charge >= 0.3 is 0 Å². The van der Waals surface area contributed by atoms with Crippen molar-refractivity contribution >= 4 is 28.9 Å². The van der Waals surface area contributed by atoms with Gasteiger partial charge in [0.2, 0.25) is 11.8 Å². The minimum Gasteiger partial charge on any atom is -0.480 e. The Morgan fingerprint density at radius 1 is 1.35 bits per heavy atom. The van der Waals surface area contributed by atoms with E-state index in [2.05, 4.69) is 31.7 Å². The molecule has 0 radical (unpaired) electrons. The molecule has 10 heteroatoms. The largest absolute Gasteiger partial charge is 0.480 e. The zero-order valence-corrected chi connectivity index (χ0v) is 17.5. The summed E-state index contributed by atoms with van der Waals surface area (Å²) in [5.41, 5.74) is 1.95. The van der Waals surface area contributed by atoms with Gasteiger partial charge in [0.25, 0.3) is 0 Å². The van der Waals surface area contributed by atoms with Crippen LogP contribution in [0, 0.1) is 17.1 Å². The van der Waals surface area contributed by atoms with E-state index in [0.717, 1.165) is 11.8 Å². The number of aliphatic hydroxyl groups is 1. The summed E-state index contributed by atoms with van der Waals surface area (Å²) >= 11 is 6.00. The number of aromatic nitrogens is 3. The molecule has 1 unspecified atom stereocenters. The first-order valence-corrected chi connectivity index (χ1v) is 9.69. The Hall–Kier alpha value is -3.48. The molecule has 1 aromatic carbocycles. The molecule has 2 aromatic heterocycles. The number of benzene rings is 1. The van der Waals surface area contributed by atoms with Crippen molar-refractivity contribution in [3.05, 3.63) is 52.6 Å². The van der Waals surface area contributed by atoms with Crippen LogP contribution in [-0.4, -0.2) is 40.3 Å². The molecule has 1 aliphatic rings. The topological polar surface area (TPSA) is 116 Å². The number of pyridine rings is 1. The molecule has 0 saturated heterocycles. The minimum atomic E-state index is -0.651. The van der Waals surface area contributed by atoms with E-state index in [1.165, 1.54) is 13.3 Å². The zero-order valence-electron chi connectivity index (χ0n) is 16.7. The molecule has 0 bridgehead atoms. The Balaban J connectivity index is 1.79. The number of fused-ring (bicyclic) bond motifs is 1. The molecular weight excluding hydrogens is 423 g/mol. The highest BCUT2D eigenvalue weighted by Crippen LogP contribution is 2.41. The number of rotatable bonds is 5. The first kappa shape index (κ1) is 20.8. The van der Waals surface area contributed by atoms with Gasteiger partial charge in [0.15, 0.2) is 5.82 Å². The average molecular weight is 441 g/mol. The van der Waals surface area contributed by atoms with Gasteiger partial charge in [-0.15, -0.1) is 0 Å². The van der Waals surface area contributed by atoms with Crippen molar-refractivity contribution < 1.29 is 14.2 Å². The normalized spacial score (nSPS) is 16.9. The van der Waals surface area contributed by atoms with E-state index in [9.17, 15) is 14.8 Å². The van der Waals surface area contributed by atoms with Crippen molar-refractivity contribution in [1.29, 1.82) is 5.26 Å².